The maximum atomic E-state index is 12.9. The van der Waals surface area contributed by atoms with E-state index in [2.05, 4.69) is 32.9 Å². The van der Waals surface area contributed by atoms with Crippen LogP contribution in [0.15, 0.2) is 72.8 Å². The van der Waals surface area contributed by atoms with Crippen molar-refractivity contribution in [1.82, 2.24) is 0 Å². The van der Waals surface area contributed by atoms with Gasteiger partial charge < -0.3 is 9.47 Å². The Labute approximate surface area is 211 Å². The van der Waals surface area contributed by atoms with Gasteiger partial charge in [-0.1, -0.05) is 88.6 Å². The number of carbonyl (C=O) groups is 2. The third-order valence-electron chi connectivity index (χ3n) is 6.21. The highest BCUT2D eigenvalue weighted by Crippen LogP contribution is 2.34. The smallest absolute Gasteiger partial charge is 0.338 e. The van der Waals surface area contributed by atoms with Gasteiger partial charge in [0.25, 0.3) is 0 Å². The fourth-order valence-corrected chi connectivity index (χ4v) is 4.43. The second-order valence-corrected chi connectivity index (χ2v) is 9.72. The SMILES string of the molecule is CCCCCC=CC(C)(CCC)CC(CC(C)OC(=O)c1ccccc1)OC(=O)c1ccccc1. The monoisotopic (exact) mass is 478 g/mol. The number of unbranched alkanes of at least 4 members (excludes halogenated alkanes) is 3. The summed E-state index contributed by atoms with van der Waals surface area (Å²) in [6.45, 7) is 8.49. The summed E-state index contributed by atoms with van der Waals surface area (Å²) in [5.74, 6) is -0.707. The molecule has 0 aliphatic carbocycles. The number of hydrogen-bond donors (Lipinski definition) is 0. The van der Waals surface area contributed by atoms with Crippen molar-refractivity contribution in [1.29, 1.82) is 0 Å². The molecular weight excluding hydrogens is 436 g/mol. The third-order valence-corrected chi connectivity index (χ3v) is 6.21. The minimum atomic E-state index is -0.393. The Morgan fingerprint density at radius 2 is 1.43 bits per heavy atom. The predicted octanol–water partition coefficient (Wildman–Crippen LogP) is 8.18. The molecule has 0 fully saturated rings. The van der Waals surface area contributed by atoms with Crippen LogP contribution in [0.1, 0.15) is 99.8 Å². The van der Waals surface area contributed by atoms with E-state index in [1.807, 2.05) is 43.3 Å². The van der Waals surface area contributed by atoms with Crippen LogP contribution >= 0.6 is 0 Å². The molecule has 3 atom stereocenters. The highest BCUT2D eigenvalue weighted by Gasteiger charge is 2.30. The summed E-state index contributed by atoms with van der Waals surface area (Å²) in [6, 6.07) is 18.0. The molecular formula is C31H42O4. The van der Waals surface area contributed by atoms with Crippen LogP contribution in [0, 0.1) is 5.41 Å². The molecule has 3 unspecified atom stereocenters. The highest BCUT2D eigenvalue weighted by atomic mass is 16.6. The van der Waals surface area contributed by atoms with Crippen molar-refractivity contribution in [2.45, 2.75) is 91.3 Å². The minimum absolute atomic E-state index is 0.105. The van der Waals surface area contributed by atoms with E-state index in [1.54, 1.807) is 24.3 Å². The lowest BCUT2D eigenvalue weighted by molar-refractivity contribution is -0.00547. The first kappa shape index (κ1) is 28.4. The van der Waals surface area contributed by atoms with Crippen LogP contribution in [0.3, 0.4) is 0 Å². The van der Waals surface area contributed by atoms with Crippen molar-refractivity contribution < 1.29 is 19.1 Å². The number of esters is 2. The molecule has 0 saturated heterocycles. The molecule has 0 saturated carbocycles. The summed E-state index contributed by atoms with van der Waals surface area (Å²) >= 11 is 0. The van der Waals surface area contributed by atoms with Gasteiger partial charge >= 0.3 is 11.9 Å². The largest absolute Gasteiger partial charge is 0.459 e. The van der Waals surface area contributed by atoms with Gasteiger partial charge in [-0.3, -0.25) is 0 Å². The van der Waals surface area contributed by atoms with Crippen molar-refractivity contribution in [2.24, 2.45) is 5.41 Å². The van der Waals surface area contributed by atoms with Crippen LogP contribution < -0.4 is 0 Å². The van der Waals surface area contributed by atoms with Crippen molar-refractivity contribution in [2.75, 3.05) is 0 Å². The molecule has 4 nitrogen and oxygen atoms in total. The lowest BCUT2D eigenvalue weighted by Gasteiger charge is -2.32. The molecule has 0 amide bonds. The quantitative estimate of drug-likeness (QED) is 0.147. The first-order valence-electron chi connectivity index (χ1n) is 13.1. The number of hydrogen-bond acceptors (Lipinski definition) is 4. The number of allylic oxidation sites excluding steroid dienone is 2. The maximum Gasteiger partial charge on any atom is 0.338 e. The molecule has 0 heterocycles. The van der Waals surface area contributed by atoms with Gasteiger partial charge in [0.05, 0.1) is 11.1 Å². The van der Waals surface area contributed by atoms with E-state index in [-0.39, 0.29) is 23.5 Å². The number of rotatable bonds is 15. The standard InChI is InChI=1S/C31H42O4/c1-5-7-8-9-16-22-31(4,21-6-2)24-28(35-30(33)27-19-14-11-15-20-27)23-25(3)34-29(32)26-17-12-10-13-18-26/h10-20,22,25,28H,5-9,21,23-24H2,1-4H3. The molecule has 2 rings (SSSR count). The number of ether oxygens (including phenoxy) is 2. The molecule has 2 aromatic carbocycles. The van der Waals surface area contributed by atoms with Gasteiger partial charge in [0, 0.05) is 6.42 Å². The van der Waals surface area contributed by atoms with Gasteiger partial charge in [0.2, 0.25) is 0 Å². The van der Waals surface area contributed by atoms with E-state index in [0.29, 0.717) is 24.0 Å². The Morgan fingerprint density at radius 3 is 1.97 bits per heavy atom. The van der Waals surface area contributed by atoms with Crippen molar-refractivity contribution >= 4 is 11.9 Å². The van der Waals surface area contributed by atoms with Crippen molar-refractivity contribution in [3.63, 3.8) is 0 Å². The molecule has 4 heteroatoms. The van der Waals surface area contributed by atoms with Gasteiger partial charge in [-0.2, -0.15) is 0 Å². The first-order valence-corrected chi connectivity index (χ1v) is 13.1. The molecule has 0 spiro atoms. The van der Waals surface area contributed by atoms with E-state index in [0.717, 1.165) is 19.3 Å². The van der Waals surface area contributed by atoms with Crippen LogP contribution in [0.5, 0.6) is 0 Å². The second-order valence-electron chi connectivity index (χ2n) is 9.72. The molecule has 35 heavy (non-hydrogen) atoms. The Kier molecular flexibility index (Phi) is 12.3. The lowest BCUT2D eigenvalue weighted by Crippen LogP contribution is -2.30. The van der Waals surface area contributed by atoms with E-state index >= 15 is 0 Å². The Morgan fingerprint density at radius 1 is 0.857 bits per heavy atom. The Hall–Kier alpha value is -2.88. The van der Waals surface area contributed by atoms with Gasteiger partial charge in [-0.15, -0.1) is 0 Å². The molecule has 190 valence electrons. The van der Waals surface area contributed by atoms with Crippen LogP contribution in [-0.4, -0.2) is 24.1 Å². The fourth-order valence-electron chi connectivity index (χ4n) is 4.43. The zero-order valence-corrected chi connectivity index (χ0v) is 21.9. The van der Waals surface area contributed by atoms with Crippen LogP contribution in [-0.2, 0) is 9.47 Å². The van der Waals surface area contributed by atoms with E-state index in [9.17, 15) is 9.59 Å². The Bertz CT molecular complexity index is 906. The molecule has 0 aliphatic rings. The van der Waals surface area contributed by atoms with Gasteiger partial charge in [0.15, 0.2) is 0 Å². The summed E-state index contributed by atoms with van der Waals surface area (Å²) in [4.78, 5) is 25.5. The molecule has 0 bridgehead atoms. The second kappa shape index (κ2) is 15.2. The normalized spacial score (nSPS) is 14.7. The van der Waals surface area contributed by atoms with Crippen LogP contribution in [0.4, 0.5) is 0 Å². The molecule has 0 aromatic heterocycles. The van der Waals surface area contributed by atoms with Gasteiger partial charge in [0.1, 0.15) is 12.2 Å². The zero-order valence-electron chi connectivity index (χ0n) is 21.9. The minimum Gasteiger partial charge on any atom is -0.459 e. The third kappa shape index (κ3) is 10.5. The summed E-state index contributed by atoms with van der Waals surface area (Å²) in [5, 5.41) is 0. The number of carbonyl (C=O) groups excluding carboxylic acids is 2. The van der Waals surface area contributed by atoms with Crippen molar-refractivity contribution in [3.05, 3.63) is 83.9 Å². The molecule has 0 aliphatic heterocycles. The predicted molar refractivity (Wildman–Crippen MR) is 142 cm³/mol. The summed E-state index contributed by atoms with van der Waals surface area (Å²) in [7, 11) is 0. The lowest BCUT2D eigenvalue weighted by atomic mass is 9.79. The van der Waals surface area contributed by atoms with Gasteiger partial charge in [-0.05, 0) is 62.3 Å². The zero-order chi connectivity index (χ0) is 25.5. The molecule has 2 aromatic rings. The topological polar surface area (TPSA) is 52.6 Å². The van der Waals surface area contributed by atoms with Gasteiger partial charge in [-0.25, -0.2) is 9.59 Å². The number of benzene rings is 2. The molecule has 0 N–H and O–H groups in total. The summed E-state index contributed by atoms with van der Waals surface area (Å²) < 4.78 is 11.7. The fraction of sp³-hybridized carbons (Fsp3) is 0.484. The van der Waals surface area contributed by atoms with Crippen molar-refractivity contribution in [3.8, 4) is 0 Å². The molecule has 0 radical (unpaired) electrons. The van der Waals surface area contributed by atoms with Crippen LogP contribution in [0.2, 0.25) is 0 Å². The Balaban J connectivity index is 2.14. The van der Waals surface area contributed by atoms with Crippen LogP contribution in [0.25, 0.3) is 0 Å². The summed E-state index contributed by atoms with van der Waals surface area (Å²) in [6.07, 6.45) is 11.7. The maximum absolute atomic E-state index is 12.9. The average molecular weight is 479 g/mol. The van der Waals surface area contributed by atoms with E-state index in [4.69, 9.17) is 9.47 Å². The van der Waals surface area contributed by atoms with E-state index < -0.39 is 6.10 Å². The first-order chi connectivity index (χ1) is 16.9. The highest BCUT2D eigenvalue weighted by molar-refractivity contribution is 5.90. The van der Waals surface area contributed by atoms with E-state index in [1.165, 1.54) is 19.3 Å². The average Bonchev–Trinajstić information content (AvgIpc) is 2.85. The summed E-state index contributed by atoms with van der Waals surface area (Å²) in [5.41, 5.74) is 0.938.